The molecule has 0 spiro atoms. The third-order valence-electron chi connectivity index (χ3n) is 4.23. The molecule has 1 heterocycles. The molecule has 3 heteroatoms. The molecule has 1 aliphatic rings. The number of benzene rings is 1. The zero-order valence-electron chi connectivity index (χ0n) is 12.7. The first kappa shape index (κ1) is 15.7. The van der Waals surface area contributed by atoms with E-state index in [1.54, 1.807) is 0 Å². The molecule has 0 radical (unpaired) electrons. The van der Waals surface area contributed by atoms with Gasteiger partial charge in [0.25, 0.3) is 0 Å². The molecule has 1 saturated heterocycles. The van der Waals surface area contributed by atoms with Gasteiger partial charge in [0.05, 0.1) is 10.7 Å². The maximum Gasteiger partial charge on any atom is 0.0642 e. The van der Waals surface area contributed by atoms with Gasteiger partial charge in [-0.2, -0.15) is 0 Å². The van der Waals surface area contributed by atoms with Gasteiger partial charge >= 0.3 is 0 Å². The minimum atomic E-state index is 0.179. The van der Waals surface area contributed by atoms with Crippen molar-refractivity contribution < 1.29 is 0 Å². The van der Waals surface area contributed by atoms with Gasteiger partial charge < -0.3 is 10.6 Å². The maximum absolute atomic E-state index is 6.54. The second-order valence-corrected chi connectivity index (χ2v) is 6.48. The Hall–Kier alpha value is -0.730. The lowest BCUT2D eigenvalue weighted by molar-refractivity contribution is 0.556. The number of halogens is 1. The monoisotopic (exact) mass is 294 g/mol. The normalized spacial score (nSPS) is 21.6. The van der Waals surface area contributed by atoms with E-state index in [0.717, 1.165) is 18.0 Å². The van der Waals surface area contributed by atoms with Crippen LogP contribution in [0.25, 0.3) is 0 Å². The van der Waals surface area contributed by atoms with Crippen molar-refractivity contribution in [2.24, 2.45) is 5.73 Å². The van der Waals surface area contributed by atoms with Gasteiger partial charge in [0.1, 0.15) is 0 Å². The van der Waals surface area contributed by atoms with E-state index < -0.39 is 0 Å². The van der Waals surface area contributed by atoms with Gasteiger partial charge in [-0.05, 0) is 50.3 Å². The van der Waals surface area contributed by atoms with Crippen molar-refractivity contribution in [1.82, 2.24) is 0 Å². The Kier molecular flexibility index (Phi) is 5.74. The molecule has 112 valence electrons. The molecule has 2 rings (SSSR count). The Morgan fingerprint density at radius 2 is 2.15 bits per heavy atom. The molecule has 20 heavy (non-hydrogen) atoms. The second-order valence-electron chi connectivity index (χ2n) is 6.07. The maximum atomic E-state index is 6.54. The Morgan fingerprint density at radius 1 is 1.35 bits per heavy atom. The van der Waals surface area contributed by atoms with Crippen molar-refractivity contribution in [1.29, 1.82) is 0 Å². The number of hydrogen-bond acceptors (Lipinski definition) is 2. The smallest absolute Gasteiger partial charge is 0.0642 e. The Balaban J connectivity index is 2.21. The highest BCUT2D eigenvalue weighted by Crippen LogP contribution is 2.32. The first-order valence-corrected chi connectivity index (χ1v) is 8.30. The third kappa shape index (κ3) is 3.89. The summed E-state index contributed by atoms with van der Waals surface area (Å²) in [7, 11) is 0. The van der Waals surface area contributed by atoms with E-state index in [1.807, 2.05) is 6.92 Å². The van der Waals surface area contributed by atoms with Crippen molar-refractivity contribution in [2.75, 3.05) is 11.4 Å². The largest absolute Gasteiger partial charge is 0.367 e. The molecule has 1 fully saturated rings. The molecule has 2 atom stereocenters. The van der Waals surface area contributed by atoms with E-state index in [9.17, 15) is 0 Å². The van der Waals surface area contributed by atoms with Crippen molar-refractivity contribution in [3.05, 3.63) is 28.8 Å². The van der Waals surface area contributed by atoms with Crippen LogP contribution in [-0.2, 0) is 6.42 Å². The molecule has 2 unspecified atom stereocenters. The molecule has 2 N–H and O–H groups in total. The average molecular weight is 295 g/mol. The first-order chi connectivity index (χ1) is 9.61. The summed E-state index contributed by atoms with van der Waals surface area (Å²) in [6.07, 6.45) is 7.32. The number of anilines is 1. The van der Waals surface area contributed by atoms with Crippen LogP contribution >= 0.6 is 11.6 Å². The zero-order valence-corrected chi connectivity index (χ0v) is 13.5. The summed E-state index contributed by atoms with van der Waals surface area (Å²) in [6.45, 7) is 5.44. The van der Waals surface area contributed by atoms with E-state index in [0.29, 0.717) is 6.04 Å². The first-order valence-electron chi connectivity index (χ1n) is 7.92. The molecule has 0 saturated carbocycles. The van der Waals surface area contributed by atoms with Crippen molar-refractivity contribution in [3.63, 3.8) is 0 Å². The number of nitrogens with two attached hydrogens (primary N) is 1. The third-order valence-corrected chi connectivity index (χ3v) is 4.53. The van der Waals surface area contributed by atoms with Gasteiger partial charge in [-0.1, -0.05) is 37.4 Å². The van der Waals surface area contributed by atoms with E-state index in [1.165, 1.54) is 43.4 Å². The topological polar surface area (TPSA) is 29.3 Å². The molecule has 0 aliphatic carbocycles. The number of nitrogens with zero attached hydrogens (tertiary/aromatic N) is 1. The predicted molar refractivity (Wildman–Crippen MR) is 88.7 cm³/mol. The van der Waals surface area contributed by atoms with Crippen LogP contribution in [0.3, 0.4) is 0 Å². The van der Waals surface area contributed by atoms with Crippen molar-refractivity contribution in [3.8, 4) is 0 Å². The number of rotatable bonds is 4. The van der Waals surface area contributed by atoms with Crippen LogP contribution in [0.5, 0.6) is 0 Å². The fourth-order valence-corrected chi connectivity index (χ4v) is 3.51. The summed E-state index contributed by atoms with van der Waals surface area (Å²) >= 11 is 6.54. The fourth-order valence-electron chi connectivity index (χ4n) is 3.20. The van der Waals surface area contributed by atoms with Crippen LogP contribution in [0.1, 0.15) is 51.5 Å². The van der Waals surface area contributed by atoms with Crippen LogP contribution in [0.15, 0.2) is 18.2 Å². The minimum absolute atomic E-state index is 0.179. The lowest BCUT2D eigenvalue weighted by Gasteiger charge is -2.32. The van der Waals surface area contributed by atoms with Gasteiger partial charge in [-0.25, -0.2) is 0 Å². The highest BCUT2D eigenvalue weighted by atomic mass is 35.5. The van der Waals surface area contributed by atoms with Crippen LogP contribution in [0.2, 0.25) is 5.02 Å². The van der Waals surface area contributed by atoms with Crippen LogP contribution in [0.4, 0.5) is 5.69 Å². The molecular formula is C17H27ClN2. The Morgan fingerprint density at radius 3 is 2.80 bits per heavy atom. The number of hydrogen-bond donors (Lipinski definition) is 1. The highest BCUT2D eigenvalue weighted by molar-refractivity contribution is 6.33. The average Bonchev–Trinajstić information content (AvgIpc) is 2.63. The van der Waals surface area contributed by atoms with Gasteiger partial charge in [0.15, 0.2) is 0 Å². The SMILES string of the molecule is CCC1CCCCCN1c1ccc(CC(C)N)cc1Cl. The van der Waals surface area contributed by atoms with Gasteiger partial charge in [-0.15, -0.1) is 0 Å². The second kappa shape index (κ2) is 7.33. The minimum Gasteiger partial charge on any atom is -0.367 e. The van der Waals surface area contributed by atoms with E-state index >= 15 is 0 Å². The Bertz CT molecular complexity index is 431. The van der Waals surface area contributed by atoms with Crippen molar-refractivity contribution in [2.45, 2.75) is 64.5 Å². The molecule has 0 aromatic heterocycles. The summed E-state index contributed by atoms with van der Waals surface area (Å²) in [5.41, 5.74) is 8.30. The van der Waals surface area contributed by atoms with E-state index in [-0.39, 0.29) is 6.04 Å². The summed E-state index contributed by atoms with van der Waals surface area (Å²) in [5.74, 6) is 0. The molecule has 1 aromatic rings. The molecule has 1 aliphatic heterocycles. The molecule has 1 aromatic carbocycles. The highest BCUT2D eigenvalue weighted by Gasteiger charge is 2.21. The summed E-state index contributed by atoms with van der Waals surface area (Å²) < 4.78 is 0. The zero-order chi connectivity index (χ0) is 14.5. The van der Waals surface area contributed by atoms with Crippen LogP contribution < -0.4 is 10.6 Å². The quantitative estimate of drug-likeness (QED) is 0.892. The Labute approximate surface area is 128 Å². The molecule has 2 nitrogen and oxygen atoms in total. The van der Waals surface area contributed by atoms with Crippen molar-refractivity contribution >= 4 is 17.3 Å². The lowest BCUT2D eigenvalue weighted by atomic mass is 10.0. The summed E-state index contributed by atoms with van der Waals surface area (Å²) in [6, 6.07) is 7.28. The fraction of sp³-hybridized carbons (Fsp3) is 0.647. The van der Waals surface area contributed by atoms with Crippen LogP contribution in [0, 0.1) is 0 Å². The summed E-state index contributed by atoms with van der Waals surface area (Å²) in [4.78, 5) is 2.52. The molecule has 0 amide bonds. The summed E-state index contributed by atoms with van der Waals surface area (Å²) in [5, 5.41) is 0.878. The van der Waals surface area contributed by atoms with E-state index in [4.69, 9.17) is 17.3 Å². The van der Waals surface area contributed by atoms with Gasteiger partial charge in [0, 0.05) is 18.6 Å². The van der Waals surface area contributed by atoms with Gasteiger partial charge in [0.2, 0.25) is 0 Å². The lowest BCUT2D eigenvalue weighted by Crippen LogP contribution is -2.34. The van der Waals surface area contributed by atoms with Crippen LogP contribution in [-0.4, -0.2) is 18.6 Å². The van der Waals surface area contributed by atoms with Gasteiger partial charge in [-0.3, -0.25) is 0 Å². The molecule has 0 bridgehead atoms. The standard InChI is InChI=1S/C17H27ClN2/c1-3-15-7-5-4-6-10-20(15)17-9-8-14(11-13(2)19)12-16(17)18/h8-9,12-13,15H,3-7,10-11,19H2,1-2H3. The predicted octanol–water partition coefficient (Wildman–Crippen LogP) is 4.39. The van der Waals surface area contributed by atoms with E-state index in [2.05, 4.69) is 30.0 Å². The molecular weight excluding hydrogens is 268 g/mol.